The number of fused-ring (bicyclic) bond motifs is 1. The molecule has 286 valence electrons. The first kappa shape index (κ1) is 39.4. The van der Waals surface area contributed by atoms with Crippen LogP contribution in [0.2, 0.25) is 0 Å². The van der Waals surface area contributed by atoms with Gasteiger partial charge in [0.05, 0.1) is 36.1 Å². The van der Waals surface area contributed by atoms with E-state index < -0.39 is 34.1 Å². The summed E-state index contributed by atoms with van der Waals surface area (Å²) >= 11 is 1.37. The summed E-state index contributed by atoms with van der Waals surface area (Å²) in [4.78, 5) is 68.4. The summed E-state index contributed by atoms with van der Waals surface area (Å²) < 4.78 is 10.6. The second kappa shape index (κ2) is 17.4. The standard InChI is InChI=1S/C38H51N7O7S/c1-8-40(9-2)28-16-17-30(41(10-3)11-4)39-36(28)42-18-20-43(21-19-42)37(47)33-25(6)44-29(24-53-31(44)23-32(46)51-7)35(38(48)52-12-5)34(33)26-14-13-15-27(22-26)45(49)50/h13-17,22,24,31,34-35H,8-12,18-21,23H2,1-7H3. The number of piperazine rings is 1. The van der Waals surface area contributed by atoms with Gasteiger partial charge in [0.15, 0.2) is 5.82 Å². The van der Waals surface area contributed by atoms with Crippen LogP contribution < -0.4 is 14.7 Å². The number of allylic oxidation sites excluding steroid dienone is 1. The summed E-state index contributed by atoms with van der Waals surface area (Å²) in [5.74, 6) is -1.32. The van der Waals surface area contributed by atoms with Gasteiger partial charge in [0.25, 0.3) is 11.6 Å². The maximum atomic E-state index is 15.0. The molecular formula is C38H51N7O7S. The minimum atomic E-state index is -0.986. The average molecular weight is 750 g/mol. The predicted molar refractivity (Wildman–Crippen MR) is 207 cm³/mol. The SMILES string of the molecule is CCOC(=O)C1C2=CSC(CC(=O)OC)N2C(C)=C(C(=O)N2CCN(c3nc(N(CC)CC)ccc3N(CC)CC)CC2)C1c1cccc([N+](=O)[O-])c1. The Kier molecular flexibility index (Phi) is 12.9. The van der Waals surface area contributed by atoms with Crippen molar-refractivity contribution in [2.75, 3.05) is 80.8 Å². The molecule has 3 aliphatic heterocycles. The Labute approximate surface area is 315 Å². The van der Waals surface area contributed by atoms with E-state index in [0.29, 0.717) is 48.7 Å². The number of methoxy groups -OCH3 is 1. The van der Waals surface area contributed by atoms with Crippen molar-refractivity contribution in [2.45, 2.75) is 59.3 Å². The van der Waals surface area contributed by atoms with Crippen molar-refractivity contribution in [3.8, 4) is 0 Å². The number of ether oxygens (including phenoxy) is 2. The summed E-state index contributed by atoms with van der Waals surface area (Å²) in [5, 5.41) is 13.3. The van der Waals surface area contributed by atoms with Crippen molar-refractivity contribution < 1.29 is 28.8 Å². The molecule has 1 aromatic heterocycles. The van der Waals surface area contributed by atoms with E-state index >= 15 is 0 Å². The molecule has 53 heavy (non-hydrogen) atoms. The summed E-state index contributed by atoms with van der Waals surface area (Å²) in [7, 11) is 1.32. The van der Waals surface area contributed by atoms with Crippen molar-refractivity contribution in [3.05, 3.63) is 74.5 Å². The van der Waals surface area contributed by atoms with E-state index in [1.807, 2.05) is 17.2 Å². The second-order valence-corrected chi connectivity index (χ2v) is 14.0. The molecule has 1 fully saturated rings. The fourth-order valence-corrected chi connectivity index (χ4v) is 8.77. The summed E-state index contributed by atoms with van der Waals surface area (Å²) in [6, 6.07) is 10.3. The molecule has 14 nitrogen and oxygen atoms in total. The first-order chi connectivity index (χ1) is 25.5. The first-order valence-corrected chi connectivity index (χ1v) is 19.4. The lowest BCUT2D eigenvalue weighted by molar-refractivity contribution is -0.384. The van der Waals surface area contributed by atoms with Crippen LogP contribution in [-0.4, -0.2) is 109 Å². The van der Waals surface area contributed by atoms with Gasteiger partial charge in [-0.2, -0.15) is 0 Å². The quantitative estimate of drug-likeness (QED) is 0.139. The van der Waals surface area contributed by atoms with Gasteiger partial charge in [0, 0.05) is 87.4 Å². The minimum Gasteiger partial charge on any atom is -0.469 e. The highest BCUT2D eigenvalue weighted by molar-refractivity contribution is 8.03. The normalized spacial score (nSPS) is 19.8. The van der Waals surface area contributed by atoms with Crippen LogP contribution >= 0.6 is 11.8 Å². The fraction of sp³-hybridized carbons (Fsp3) is 0.526. The fourth-order valence-electron chi connectivity index (χ4n) is 7.58. The highest BCUT2D eigenvalue weighted by Crippen LogP contribution is 2.52. The van der Waals surface area contributed by atoms with Gasteiger partial charge in [-0.1, -0.05) is 12.1 Å². The topological polar surface area (TPSA) is 142 Å². The van der Waals surface area contributed by atoms with E-state index in [-0.39, 0.29) is 24.6 Å². The highest BCUT2D eigenvalue weighted by Gasteiger charge is 2.50. The smallest absolute Gasteiger partial charge is 0.315 e. The van der Waals surface area contributed by atoms with Crippen molar-refractivity contribution in [3.63, 3.8) is 0 Å². The van der Waals surface area contributed by atoms with Crippen LogP contribution in [0, 0.1) is 16.0 Å². The highest BCUT2D eigenvalue weighted by atomic mass is 32.2. The number of carbonyl (C=O) groups excluding carboxylic acids is 3. The van der Waals surface area contributed by atoms with E-state index in [2.05, 4.69) is 54.5 Å². The van der Waals surface area contributed by atoms with Crippen LogP contribution in [0.25, 0.3) is 0 Å². The zero-order valence-electron chi connectivity index (χ0n) is 31.7. The van der Waals surface area contributed by atoms with Gasteiger partial charge in [-0.3, -0.25) is 24.5 Å². The number of amides is 1. The number of nitrogens with zero attached hydrogens (tertiary/aromatic N) is 7. The van der Waals surface area contributed by atoms with Crippen molar-refractivity contribution >= 4 is 52.6 Å². The van der Waals surface area contributed by atoms with Gasteiger partial charge < -0.3 is 34.0 Å². The van der Waals surface area contributed by atoms with Crippen molar-refractivity contribution in [1.29, 1.82) is 0 Å². The molecule has 15 heteroatoms. The van der Waals surface area contributed by atoms with Crippen LogP contribution in [0.15, 0.2) is 58.8 Å². The molecule has 1 aromatic carbocycles. The Hall–Kier alpha value is -4.79. The Morgan fingerprint density at radius 1 is 0.981 bits per heavy atom. The van der Waals surface area contributed by atoms with Crippen LogP contribution in [0.4, 0.5) is 23.0 Å². The molecule has 0 aliphatic carbocycles. The molecule has 1 saturated heterocycles. The number of hydrogen-bond donors (Lipinski definition) is 0. The number of rotatable bonds is 14. The van der Waals surface area contributed by atoms with Crippen LogP contribution in [0.3, 0.4) is 0 Å². The molecular weight excluding hydrogens is 699 g/mol. The summed E-state index contributed by atoms with van der Waals surface area (Å²) in [6.45, 7) is 17.2. The molecule has 0 radical (unpaired) electrons. The minimum absolute atomic E-state index is 0.0180. The molecule has 0 spiro atoms. The molecule has 0 saturated carbocycles. The van der Waals surface area contributed by atoms with E-state index in [4.69, 9.17) is 14.5 Å². The largest absolute Gasteiger partial charge is 0.469 e. The molecule has 0 N–H and O–H groups in total. The van der Waals surface area contributed by atoms with Crippen LogP contribution in [-0.2, 0) is 23.9 Å². The molecule has 3 aliphatic rings. The number of nitro benzene ring substituents is 1. The lowest BCUT2D eigenvalue weighted by Gasteiger charge is -2.44. The molecule has 3 unspecified atom stereocenters. The van der Waals surface area contributed by atoms with Gasteiger partial charge in [0.1, 0.15) is 11.7 Å². The zero-order chi connectivity index (χ0) is 38.4. The van der Waals surface area contributed by atoms with Crippen molar-refractivity contribution in [1.82, 2.24) is 14.8 Å². The predicted octanol–water partition coefficient (Wildman–Crippen LogP) is 5.36. The number of non-ortho nitro benzene ring substituents is 1. The third-order valence-corrected chi connectivity index (χ3v) is 11.4. The maximum absolute atomic E-state index is 15.0. The average Bonchev–Trinajstić information content (AvgIpc) is 3.59. The summed E-state index contributed by atoms with van der Waals surface area (Å²) in [5.41, 5.74) is 2.87. The van der Waals surface area contributed by atoms with E-state index in [1.165, 1.54) is 31.0 Å². The molecule has 1 amide bonds. The van der Waals surface area contributed by atoms with Gasteiger partial charge >= 0.3 is 11.9 Å². The first-order valence-electron chi connectivity index (χ1n) is 18.4. The van der Waals surface area contributed by atoms with Crippen LogP contribution in [0.5, 0.6) is 0 Å². The Morgan fingerprint density at radius 2 is 1.66 bits per heavy atom. The third kappa shape index (κ3) is 7.94. The number of nitro groups is 1. The van der Waals surface area contributed by atoms with Gasteiger partial charge in [-0.25, -0.2) is 4.98 Å². The lowest BCUT2D eigenvalue weighted by Crippen LogP contribution is -2.52. The van der Waals surface area contributed by atoms with Crippen molar-refractivity contribution in [2.24, 2.45) is 5.92 Å². The Morgan fingerprint density at radius 3 is 2.26 bits per heavy atom. The molecule has 5 rings (SSSR count). The Balaban J connectivity index is 1.56. The number of benzene rings is 1. The van der Waals surface area contributed by atoms with E-state index in [9.17, 15) is 24.5 Å². The summed E-state index contributed by atoms with van der Waals surface area (Å²) in [6.07, 6.45) is 0.0180. The van der Waals surface area contributed by atoms with Gasteiger partial charge in [-0.15, -0.1) is 11.8 Å². The monoisotopic (exact) mass is 749 g/mol. The maximum Gasteiger partial charge on any atom is 0.315 e. The number of aromatic nitrogens is 1. The van der Waals surface area contributed by atoms with Gasteiger partial charge in [0.2, 0.25) is 0 Å². The number of hydrogen-bond acceptors (Lipinski definition) is 13. The molecule has 4 heterocycles. The third-order valence-electron chi connectivity index (χ3n) is 10.3. The van der Waals surface area contributed by atoms with E-state index in [1.54, 1.807) is 24.0 Å². The second-order valence-electron chi connectivity index (χ2n) is 13.0. The molecule has 2 aromatic rings. The number of thioether (sulfide) groups is 1. The molecule has 0 bridgehead atoms. The molecule has 3 atom stereocenters. The number of anilines is 3. The zero-order valence-corrected chi connectivity index (χ0v) is 32.6. The van der Waals surface area contributed by atoms with Gasteiger partial charge in [-0.05, 0) is 64.6 Å². The Bertz CT molecular complexity index is 1750. The number of carbonyl (C=O) groups is 3. The van der Waals surface area contributed by atoms with Crippen LogP contribution in [0.1, 0.15) is 59.4 Å². The number of esters is 2. The van der Waals surface area contributed by atoms with E-state index in [0.717, 1.165) is 43.5 Å². The number of pyridine rings is 1. The lowest BCUT2D eigenvalue weighted by atomic mass is 9.74.